The second-order valence-corrected chi connectivity index (χ2v) is 11.9. The van der Waals surface area contributed by atoms with Gasteiger partial charge in [0.05, 0.1) is 16.8 Å². The quantitative estimate of drug-likeness (QED) is 0.607. The van der Waals surface area contributed by atoms with Crippen LogP contribution in [0.3, 0.4) is 0 Å². The van der Waals surface area contributed by atoms with Crippen LogP contribution in [0, 0.1) is 10.8 Å². The van der Waals surface area contributed by atoms with Gasteiger partial charge < -0.3 is 0 Å². The largest absolute Gasteiger partial charge is 0.293 e. The van der Waals surface area contributed by atoms with E-state index in [0.29, 0.717) is 16.2 Å². The molecule has 2 rings (SSSR count). The Morgan fingerprint density at radius 1 is 1.15 bits per heavy atom. The van der Waals surface area contributed by atoms with Crippen LogP contribution >= 0.6 is 0 Å². The Morgan fingerprint density at radius 3 is 2.27 bits per heavy atom. The molecule has 0 bridgehead atoms. The van der Waals surface area contributed by atoms with E-state index in [1.54, 1.807) is 29.6 Å². The van der Waals surface area contributed by atoms with Gasteiger partial charge >= 0.3 is 0 Å². The van der Waals surface area contributed by atoms with Crippen molar-refractivity contribution in [2.24, 2.45) is 10.8 Å². The van der Waals surface area contributed by atoms with Crippen molar-refractivity contribution in [1.82, 2.24) is 14.8 Å². The van der Waals surface area contributed by atoms with Crippen molar-refractivity contribution in [3.63, 3.8) is 0 Å². The number of aromatic nitrogens is 3. The number of hydrogen-bond acceptors (Lipinski definition) is 4. The van der Waals surface area contributed by atoms with Gasteiger partial charge in [-0.2, -0.15) is 5.10 Å². The summed E-state index contributed by atoms with van der Waals surface area (Å²) < 4.78 is 14.8. The van der Waals surface area contributed by atoms with Crippen molar-refractivity contribution in [1.29, 1.82) is 0 Å². The molecule has 2 aromatic heterocycles. The molecule has 0 spiro atoms. The SMILES string of the molecule is CC(C)(C)/C=C(\C(C(=O)C(C)(C)C)=S(C)(C)=O)n1ncc2cccnc21. The minimum Gasteiger partial charge on any atom is -0.293 e. The number of Topliss-reactive ketones (excluding diaryl/α,β-unsaturated/α-hetero) is 1. The monoisotopic (exact) mass is 375 g/mol. The van der Waals surface area contributed by atoms with Crippen LogP contribution in [0.4, 0.5) is 0 Å². The van der Waals surface area contributed by atoms with Gasteiger partial charge in [-0.1, -0.05) is 47.6 Å². The summed E-state index contributed by atoms with van der Waals surface area (Å²) in [5, 5.41) is 5.33. The Balaban J connectivity index is 2.92. The van der Waals surface area contributed by atoms with E-state index in [4.69, 9.17) is 0 Å². The van der Waals surface area contributed by atoms with Gasteiger partial charge in [0, 0.05) is 29.5 Å². The van der Waals surface area contributed by atoms with E-state index >= 15 is 0 Å². The summed E-state index contributed by atoms with van der Waals surface area (Å²) in [5.41, 5.74) is 0.306. The first-order chi connectivity index (χ1) is 11.7. The molecule has 0 amide bonds. The van der Waals surface area contributed by atoms with Crippen molar-refractivity contribution in [2.75, 3.05) is 12.5 Å². The van der Waals surface area contributed by atoms with Crippen LogP contribution in [0.25, 0.3) is 16.7 Å². The fourth-order valence-electron chi connectivity index (χ4n) is 2.60. The number of carbonyl (C=O) groups is 1. The van der Waals surface area contributed by atoms with E-state index in [2.05, 4.69) is 10.1 Å². The minimum absolute atomic E-state index is 0.136. The van der Waals surface area contributed by atoms with Gasteiger partial charge in [0.1, 0.15) is 0 Å². The highest BCUT2D eigenvalue weighted by molar-refractivity contribution is 8.03. The summed E-state index contributed by atoms with van der Waals surface area (Å²) in [6, 6.07) is 3.76. The van der Waals surface area contributed by atoms with E-state index in [-0.39, 0.29) is 11.2 Å². The lowest BCUT2D eigenvalue weighted by atomic mass is 9.86. The van der Waals surface area contributed by atoms with Crippen molar-refractivity contribution in [3.05, 3.63) is 30.6 Å². The number of carbonyl (C=O) groups excluding carboxylic acids is 1. The van der Waals surface area contributed by atoms with Gasteiger partial charge in [-0.05, 0) is 27.1 Å². The zero-order valence-electron chi connectivity index (χ0n) is 17.0. The number of ketones is 1. The van der Waals surface area contributed by atoms with Gasteiger partial charge in [0.25, 0.3) is 0 Å². The molecule has 0 aliphatic carbocycles. The van der Waals surface area contributed by atoms with Gasteiger partial charge in [0.15, 0.2) is 11.4 Å². The zero-order chi connectivity index (χ0) is 19.9. The van der Waals surface area contributed by atoms with E-state index in [0.717, 1.165) is 5.39 Å². The maximum atomic E-state index is 13.3. The average Bonchev–Trinajstić information content (AvgIpc) is 2.86. The second-order valence-electron chi connectivity index (χ2n) is 9.01. The van der Waals surface area contributed by atoms with Crippen molar-refractivity contribution >= 4 is 36.9 Å². The molecule has 0 aliphatic rings. The van der Waals surface area contributed by atoms with Crippen LogP contribution < -0.4 is 0 Å². The summed E-state index contributed by atoms with van der Waals surface area (Å²) in [4.78, 5) is 18.0. The van der Waals surface area contributed by atoms with Crippen LogP contribution in [0.2, 0.25) is 0 Å². The van der Waals surface area contributed by atoms with Crippen LogP contribution in [0.15, 0.2) is 30.6 Å². The number of nitrogens with zero attached hydrogens (tertiary/aromatic N) is 3. The third-order valence-corrected chi connectivity index (χ3v) is 5.12. The molecule has 0 atom stereocenters. The molecule has 0 radical (unpaired) electrons. The fourth-order valence-corrected chi connectivity index (χ4v) is 4.00. The maximum Gasteiger partial charge on any atom is 0.178 e. The molecule has 0 aliphatic heterocycles. The van der Waals surface area contributed by atoms with E-state index < -0.39 is 14.9 Å². The van der Waals surface area contributed by atoms with Crippen molar-refractivity contribution < 1.29 is 9.00 Å². The normalized spacial score (nSPS) is 13.9. The second kappa shape index (κ2) is 6.65. The molecule has 0 N–H and O–H groups in total. The lowest BCUT2D eigenvalue weighted by Gasteiger charge is -2.24. The van der Waals surface area contributed by atoms with Gasteiger partial charge in [-0.3, -0.25) is 9.00 Å². The number of allylic oxidation sites excluding steroid dienone is 2. The van der Waals surface area contributed by atoms with Crippen molar-refractivity contribution in [2.45, 2.75) is 41.5 Å². The summed E-state index contributed by atoms with van der Waals surface area (Å²) in [6.07, 6.45) is 8.59. The molecule has 26 heavy (non-hydrogen) atoms. The molecule has 142 valence electrons. The number of fused-ring (bicyclic) bond motifs is 1. The third-order valence-electron chi connectivity index (χ3n) is 3.74. The topological polar surface area (TPSA) is 64.8 Å². The highest BCUT2D eigenvalue weighted by atomic mass is 32.2. The Hall–Kier alpha value is -1.95. The van der Waals surface area contributed by atoms with Crippen molar-refractivity contribution in [3.8, 4) is 0 Å². The van der Waals surface area contributed by atoms with E-state index in [1.165, 1.54) is 0 Å². The van der Waals surface area contributed by atoms with Gasteiger partial charge in [-0.25, -0.2) is 9.67 Å². The van der Waals surface area contributed by atoms with Crippen LogP contribution in [0.5, 0.6) is 0 Å². The maximum absolute atomic E-state index is 13.3. The van der Waals surface area contributed by atoms with Gasteiger partial charge in [-0.15, -0.1) is 0 Å². The summed E-state index contributed by atoms with van der Waals surface area (Å²) >= 11 is 0. The van der Waals surface area contributed by atoms with Crippen LogP contribution in [0.1, 0.15) is 41.5 Å². The predicted octanol–water partition coefficient (Wildman–Crippen LogP) is 3.65. The molecular formula is C20H29N3O2S. The van der Waals surface area contributed by atoms with Crippen LogP contribution in [-0.4, -0.2) is 42.1 Å². The Morgan fingerprint density at radius 2 is 1.77 bits per heavy atom. The molecule has 2 heterocycles. The molecule has 0 saturated carbocycles. The molecule has 0 unspecified atom stereocenters. The van der Waals surface area contributed by atoms with Gasteiger partial charge in [0.2, 0.25) is 0 Å². The lowest BCUT2D eigenvalue weighted by Crippen LogP contribution is -2.35. The summed E-state index contributed by atoms with van der Waals surface area (Å²) in [6.45, 7) is 11.6. The number of hydrogen-bond donors (Lipinski definition) is 0. The first-order valence-electron chi connectivity index (χ1n) is 8.60. The molecule has 5 nitrogen and oxygen atoms in total. The standard InChI is InChI=1S/C20H29N3O2S/c1-19(2,3)12-15(16(26(7,8)25)17(24)20(4,5)6)23-18-14(13-22-23)10-9-11-21-18/h9-13H,1-8H3/b15-12+. The van der Waals surface area contributed by atoms with Crippen LogP contribution in [-0.2, 0) is 14.3 Å². The van der Waals surface area contributed by atoms with E-state index in [1.807, 2.05) is 59.8 Å². The van der Waals surface area contributed by atoms with E-state index in [9.17, 15) is 9.00 Å². The third kappa shape index (κ3) is 4.41. The molecule has 0 aromatic carbocycles. The number of rotatable bonds is 3. The Kier molecular flexibility index (Phi) is 5.21. The predicted molar refractivity (Wildman–Crippen MR) is 111 cm³/mol. The average molecular weight is 376 g/mol. The smallest absolute Gasteiger partial charge is 0.178 e. The summed E-state index contributed by atoms with van der Waals surface area (Å²) in [5.74, 6) is -0.136. The molecule has 6 heteroatoms. The minimum atomic E-state index is -2.55. The molecule has 0 fully saturated rings. The lowest BCUT2D eigenvalue weighted by molar-refractivity contribution is -0.119. The Bertz CT molecular complexity index is 984. The number of pyridine rings is 1. The highest BCUT2D eigenvalue weighted by Gasteiger charge is 2.32. The molecule has 0 saturated heterocycles. The molecular weight excluding hydrogens is 346 g/mol. The highest BCUT2D eigenvalue weighted by Crippen LogP contribution is 2.27. The zero-order valence-corrected chi connectivity index (χ0v) is 17.8. The first kappa shape index (κ1) is 20.4. The molecule has 2 aromatic rings. The Labute approximate surface area is 156 Å². The summed E-state index contributed by atoms with van der Waals surface area (Å²) in [7, 11) is -2.55. The first-order valence-corrected chi connectivity index (χ1v) is 11.0. The fraction of sp³-hybridized carbons (Fsp3) is 0.500.